The monoisotopic (exact) mass is 230 g/mol. The van der Waals surface area contributed by atoms with E-state index in [1.165, 1.54) is 5.39 Å². The quantitative estimate of drug-likeness (QED) is 0.859. The van der Waals surface area contributed by atoms with E-state index in [4.69, 9.17) is 0 Å². The van der Waals surface area contributed by atoms with Crippen LogP contribution in [-0.2, 0) is 12.5 Å². The number of aromatic nitrogens is 2. The zero-order chi connectivity index (χ0) is 12.3. The number of benzene rings is 1. The van der Waals surface area contributed by atoms with Crippen LogP contribution in [0.5, 0.6) is 0 Å². The maximum atomic E-state index is 9.77. The van der Waals surface area contributed by atoms with E-state index in [0.717, 1.165) is 17.6 Å². The molecular formula is C14H18N2O. The molecule has 0 saturated heterocycles. The minimum absolute atomic E-state index is 0.145. The van der Waals surface area contributed by atoms with Crippen molar-refractivity contribution in [2.75, 3.05) is 6.61 Å². The summed E-state index contributed by atoms with van der Waals surface area (Å²) >= 11 is 0. The van der Waals surface area contributed by atoms with Gasteiger partial charge in [-0.2, -0.15) is 5.10 Å². The third-order valence-electron chi connectivity index (χ3n) is 4.40. The zero-order valence-electron chi connectivity index (χ0n) is 10.6. The highest BCUT2D eigenvalue weighted by molar-refractivity contribution is 5.83. The van der Waals surface area contributed by atoms with Gasteiger partial charge in [0.15, 0.2) is 0 Å². The largest absolute Gasteiger partial charge is 0.395 e. The van der Waals surface area contributed by atoms with E-state index in [9.17, 15) is 5.11 Å². The molecule has 3 heteroatoms. The Bertz CT molecular complexity index is 585. The van der Waals surface area contributed by atoms with Gasteiger partial charge in [0.25, 0.3) is 0 Å². The van der Waals surface area contributed by atoms with Crippen LogP contribution in [0, 0.1) is 5.41 Å². The number of rotatable bonds is 2. The summed E-state index contributed by atoms with van der Waals surface area (Å²) in [7, 11) is 1.96. The average Bonchev–Trinajstić information content (AvgIpc) is 2.72. The summed E-state index contributed by atoms with van der Waals surface area (Å²) in [5.74, 6) is 0. The van der Waals surface area contributed by atoms with Crippen LogP contribution >= 0.6 is 0 Å². The molecule has 3 rings (SSSR count). The van der Waals surface area contributed by atoms with Crippen LogP contribution in [0.25, 0.3) is 10.9 Å². The lowest BCUT2D eigenvalue weighted by Gasteiger charge is -2.15. The van der Waals surface area contributed by atoms with Crippen LogP contribution in [0.15, 0.2) is 24.3 Å². The number of nitrogens with zero attached hydrogens (tertiary/aromatic N) is 2. The number of aliphatic hydroxyl groups is 1. The normalized spacial score (nSPS) is 26.4. The zero-order valence-corrected chi connectivity index (χ0v) is 10.6. The molecule has 1 atom stereocenters. The molecule has 0 bridgehead atoms. The first kappa shape index (κ1) is 10.8. The number of hydrogen-bond acceptors (Lipinski definition) is 2. The van der Waals surface area contributed by atoms with Crippen LogP contribution in [0.1, 0.15) is 26.0 Å². The SMILES string of the molecule is Cn1nc(C2(CO)CC2(C)C)c2ccccc21. The Labute approximate surface area is 101 Å². The molecule has 1 aliphatic carbocycles. The molecule has 0 amide bonds. The lowest BCUT2D eigenvalue weighted by atomic mass is 9.91. The molecule has 1 fully saturated rings. The third kappa shape index (κ3) is 1.23. The van der Waals surface area contributed by atoms with Crippen molar-refractivity contribution in [2.45, 2.75) is 25.7 Å². The molecule has 1 aromatic heterocycles. The van der Waals surface area contributed by atoms with Gasteiger partial charge in [-0.15, -0.1) is 0 Å². The van der Waals surface area contributed by atoms with Crippen molar-refractivity contribution in [3.8, 4) is 0 Å². The minimum atomic E-state index is -0.145. The van der Waals surface area contributed by atoms with Gasteiger partial charge in [0.2, 0.25) is 0 Å². The van der Waals surface area contributed by atoms with Crippen molar-refractivity contribution in [3.05, 3.63) is 30.0 Å². The van der Waals surface area contributed by atoms with E-state index in [2.05, 4.69) is 31.1 Å². The molecular weight excluding hydrogens is 212 g/mol. The van der Waals surface area contributed by atoms with Crippen molar-refractivity contribution in [2.24, 2.45) is 12.5 Å². The van der Waals surface area contributed by atoms with Gasteiger partial charge in [-0.05, 0) is 17.9 Å². The van der Waals surface area contributed by atoms with Crippen LogP contribution in [0.3, 0.4) is 0 Å². The second-order valence-electron chi connectivity index (χ2n) is 5.79. The fourth-order valence-electron chi connectivity index (χ4n) is 3.03. The summed E-state index contributed by atoms with van der Waals surface area (Å²) in [6.45, 7) is 4.58. The van der Waals surface area contributed by atoms with E-state index in [1.54, 1.807) is 0 Å². The number of para-hydroxylation sites is 1. The van der Waals surface area contributed by atoms with Crippen molar-refractivity contribution in [1.82, 2.24) is 9.78 Å². The minimum Gasteiger partial charge on any atom is -0.395 e. The number of hydrogen-bond donors (Lipinski definition) is 1. The van der Waals surface area contributed by atoms with Gasteiger partial charge < -0.3 is 5.11 Å². The summed E-state index contributed by atoms with van der Waals surface area (Å²) in [6.07, 6.45) is 1.01. The first-order valence-corrected chi connectivity index (χ1v) is 6.05. The molecule has 90 valence electrons. The van der Waals surface area contributed by atoms with Crippen molar-refractivity contribution in [3.63, 3.8) is 0 Å². The van der Waals surface area contributed by atoms with Crippen LogP contribution in [0.2, 0.25) is 0 Å². The second kappa shape index (κ2) is 3.10. The van der Waals surface area contributed by atoms with Gasteiger partial charge in [-0.25, -0.2) is 0 Å². The number of aryl methyl sites for hydroxylation is 1. The van der Waals surface area contributed by atoms with Gasteiger partial charge in [0.05, 0.1) is 17.8 Å². The fourth-order valence-corrected chi connectivity index (χ4v) is 3.03. The van der Waals surface area contributed by atoms with Crippen LogP contribution in [-0.4, -0.2) is 21.5 Å². The van der Waals surface area contributed by atoms with Crippen molar-refractivity contribution < 1.29 is 5.11 Å². The first-order chi connectivity index (χ1) is 8.02. The molecule has 1 aromatic carbocycles. The second-order valence-corrected chi connectivity index (χ2v) is 5.79. The topological polar surface area (TPSA) is 38.0 Å². The Balaban J connectivity index is 2.26. The Kier molecular flexibility index (Phi) is 1.97. The number of aliphatic hydroxyl groups excluding tert-OH is 1. The van der Waals surface area contributed by atoms with Gasteiger partial charge >= 0.3 is 0 Å². The predicted molar refractivity (Wildman–Crippen MR) is 67.9 cm³/mol. The summed E-state index contributed by atoms with van der Waals surface area (Å²) in [6, 6.07) is 8.24. The molecule has 1 heterocycles. The highest BCUT2D eigenvalue weighted by Crippen LogP contribution is 2.64. The van der Waals surface area contributed by atoms with Gasteiger partial charge in [-0.1, -0.05) is 32.0 Å². The molecule has 0 aliphatic heterocycles. The fraction of sp³-hybridized carbons (Fsp3) is 0.500. The molecule has 0 radical (unpaired) electrons. The highest BCUT2D eigenvalue weighted by Gasteiger charge is 2.63. The van der Waals surface area contributed by atoms with Crippen LogP contribution in [0.4, 0.5) is 0 Å². The first-order valence-electron chi connectivity index (χ1n) is 6.05. The molecule has 17 heavy (non-hydrogen) atoms. The summed E-state index contributed by atoms with van der Waals surface area (Å²) in [4.78, 5) is 0. The molecule has 1 unspecified atom stereocenters. The van der Waals surface area contributed by atoms with E-state index in [-0.39, 0.29) is 17.4 Å². The van der Waals surface area contributed by atoms with Gasteiger partial charge in [0, 0.05) is 17.8 Å². The lowest BCUT2D eigenvalue weighted by Crippen LogP contribution is -2.20. The maximum Gasteiger partial charge on any atom is 0.0793 e. The summed E-state index contributed by atoms with van der Waals surface area (Å²) < 4.78 is 1.91. The van der Waals surface area contributed by atoms with Gasteiger partial charge in [-0.3, -0.25) is 4.68 Å². The third-order valence-corrected chi connectivity index (χ3v) is 4.40. The number of fused-ring (bicyclic) bond motifs is 1. The van der Waals surface area contributed by atoms with Gasteiger partial charge in [0.1, 0.15) is 0 Å². The molecule has 1 aliphatic rings. The average molecular weight is 230 g/mol. The highest BCUT2D eigenvalue weighted by atomic mass is 16.3. The van der Waals surface area contributed by atoms with Crippen molar-refractivity contribution in [1.29, 1.82) is 0 Å². The smallest absolute Gasteiger partial charge is 0.0793 e. The Morgan fingerprint density at radius 1 is 1.35 bits per heavy atom. The maximum absolute atomic E-state index is 9.77. The Morgan fingerprint density at radius 3 is 2.59 bits per heavy atom. The Hall–Kier alpha value is -1.35. The molecule has 3 nitrogen and oxygen atoms in total. The lowest BCUT2D eigenvalue weighted by molar-refractivity contribution is 0.229. The van der Waals surface area contributed by atoms with Crippen molar-refractivity contribution >= 4 is 10.9 Å². The van der Waals surface area contributed by atoms with E-state index < -0.39 is 0 Å². The standard InChI is InChI=1S/C14H18N2O/c1-13(2)8-14(13,9-17)12-10-6-4-5-7-11(10)16(3)15-12/h4-7,17H,8-9H2,1-3H3. The molecule has 1 N–H and O–H groups in total. The van der Waals surface area contributed by atoms with Crippen LogP contribution < -0.4 is 0 Å². The molecule has 0 spiro atoms. The van der Waals surface area contributed by atoms with E-state index in [0.29, 0.717) is 0 Å². The predicted octanol–water partition coefficient (Wildman–Crippen LogP) is 2.23. The molecule has 2 aromatic rings. The van der Waals surface area contributed by atoms with E-state index >= 15 is 0 Å². The summed E-state index contributed by atoms with van der Waals surface area (Å²) in [5.41, 5.74) is 2.20. The summed E-state index contributed by atoms with van der Waals surface area (Å²) in [5, 5.41) is 15.6. The molecule has 1 saturated carbocycles. The van der Waals surface area contributed by atoms with E-state index in [1.807, 2.05) is 23.9 Å². The Morgan fingerprint density at radius 2 is 2.00 bits per heavy atom.